The lowest BCUT2D eigenvalue weighted by atomic mass is 10.1. The van der Waals surface area contributed by atoms with Crippen molar-refractivity contribution < 1.29 is 9.47 Å². The average molecular weight is 300 g/mol. The van der Waals surface area contributed by atoms with Gasteiger partial charge in [0.25, 0.3) is 0 Å². The van der Waals surface area contributed by atoms with Crippen molar-refractivity contribution in [2.75, 3.05) is 0 Å². The second-order valence-electron chi connectivity index (χ2n) is 6.04. The molecule has 0 aromatic heterocycles. The van der Waals surface area contributed by atoms with Crippen LogP contribution in [0.15, 0.2) is 36.4 Å². The van der Waals surface area contributed by atoms with Gasteiger partial charge in [-0.2, -0.15) is 0 Å². The fourth-order valence-corrected chi connectivity index (χ4v) is 2.82. The largest absolute Gasteiger partial charge is 0.490 e. The van der Waals surface area contributed by atoms with E-state index in [1.807, 2.05) is 24.3 Å². The molecule has 120 valence electrons. The molecule has 2 aromatic rings. The molecule has 22 heavy (non-hydrogen) atoms. The van der Waals surface area contributed by atoms with E-state index in [1.54, 1.807) is 0 Å². The molecule has 0 saturated carbocycles. The van der Waals surface area contributed by atoms with E-state index in [0.29, 0.717) is 0 Å². The van der Waals surface area contributed by atoms with Crippen molar-refractivity contribution in [3.05, 3.63) is 36.4 Å². The maximum atomic E-state index is 6.12. The summed E-state index contributed by atoms with van der Waals surface area (Å²) in [6.07, 6.45) is 4.88. The molecule has 2 aromatic carbocycles. The van der Waals surface area contributed by atoms with Crippen molar-refractivity contribution in [2.45, 2.75) is 65.6 Å². The molecular weight excluding hydrogens is 272 g/mol. The summed E-state index contributed by atoms with van der Waals surface area (Å²) in [5.41, 5.74) is 0. The normalized spacial score (nSPS) is 13.8. The van der Waals surface area contributed by atoms with Crippen LogP contribution < -0.4 is 9.47 Å². The van der Waals surface area contributed by atoms with Crippen LogP contribution in [0.3, 0.4) is 0 Å². The summed E-state index contributed by atoms with van der Waals surface area (Å²) >= 11 is 0. The van der Waals surface area contributed by atoms with Crippen LogP contribution >= 0.6 is 0 Å². The lowest BCUT2D eigenvalue weighted by Gasteiger charge is -2.18. The molecule has 0 aliphatic rings. The van der Waals surface area contributed by atoms with E-state index in [9.17, 15) is 0 Å². The molecule has 0 aliphatic heterocycles. The highest BCUT2D eigenvalue weighted by Crippen LogP contribution is 2.33. The van der Waals surface area contributed by atoms with Crippen molar-refractivity contribution in [3.63, 3.8) is 0 Å². The Morgan fingerprint density at radius 1 is 0.727 bits per heavy atom. The van der Waals surface area contributed by atoms with E-state index in [0.717, 1.165) is 48.0 Å². The van der Waals surface area contributed by atoms with Crippen LogP contribution in [0.2, 0.25) is 0 Å². The Hall–Kier alpha value is -1.70. The first kappa shape index (κ1) is 16.7. The molecule has 0 radical (unpaired) electrons. The zero-order chi connectivity index (χ0) is 15.9. The van der Waals surface area contributed by atoms with Gasteiger partial charge < -0.3 is 9.47 Å². The Morgan fingerprint density at radius 3 is 1.50 bits per heavy atom. The zero-order valence-corrected chi connectivity index (χ0v) is 14.3. The smallest absolute Gasteiger partial charge is 0.127 e. The van der Waals surface area contributed by atoms with Gasteiger partial charge in [0.15, 0.2) is 0 Å². The summed E-state index contributed by atoms with van der Waals surface area (Å²) in [6, 6.07) is 12.4. The SMILES string of the molecule is CCCC(C)Oc1cccc2c(OC(C)CCC)cccc12. The quantitative estimate of drug-likeness (QED) is 0.597. The van der Waals surface area contributed by atoms with Crippen LogP contribution in [-0.4, -0.2) is 12.2 Å². The highest BCUT2D eigenvalue weighted by Gasteiger charge is 2.11. The first-order chi connectivity index (χ1) is 10.7. The van der Waals surface area contributed by atoms with Gasteiger partial charge in [-0.3, -0.25) is 0 Å². The summed E-state index contributed by atoms with van der Waals surface area (Å²) in [4.78, 5) is 0. The number of benzene rings is 2. The molecule has 2 unspecified atom stereocenters. The van der Waals surface area contributed by atoms with E-state index in [1.165, 1.54) is 0 Å². The third kappa shape index (κ3) is 4.16. The second kappa shape index (κ2) is 8.07. The van der Waals surface area contributed by atoms with Gasteiger partial charge in [0.1, 0.15) is 11.5 Å². The summed E-state index contributed by atoms with van der Waals surface area (Å²) in [7, 11) is 0. The highest BCUT2D eigenvalue weighted by atomic mass is 16.5. The maximum absolute atomic E-state index is 6.12. The first-order valence-electron chi connectivity index (χ1n) is 8.50. The van der Waals surface area contributed by atoms with Gasteiger partial charge in [-0.15, -0.1) is 0 Å². The van der Waals surface area contributed by atoms with Crippen LogP contribution in [0.25, 0.3) is 10.8 Å². The predicted molar refractivity (Wildman–Crippen MR) is 93.9 cm³/mol. The van der Waals surface area contributed by atoms with Crippen molar-refractivity contribution in [3.8, 4) is 11.5 Å². The Balaban J connectivity index is 2.29. The van der Waals surface area contributed by atoms with Crippen LogP contribution in [0.4, 0.5) is 0 Å². The maximum Gasteiger partial charge on any atom is 0.127 e. The van der Waals surface area contributed by atoms with E-state index >= 15 is 0 Å². The minimum atomic E-state index is 0.235. The molecule has 2 atom stereocenters. The lowest BCUT2D eigenvalue weighted by molar-refractivity contribution is 0.210. The van der Waals surface area contributed by atoms with Gasteiger partial charge in [0.2, 0.25) is 0 Å². The minimum Gasteiger partial charge on any atom is -0.490 e. The average Bonchev–Trinajstić information content (AvgIpc) is 2.48. The fraction of sp³-hybridized carbons (Fsp3) is 0.500. The molecule has 0 N–H and O–H groups in total. The zero-order valence-electron chi connectivity index (χ0n) is 14.3. The van der Waals surface area contributed by atoms with Crippen molar-refractivity contribution >= 4 is 10.8 Å². The molecule has 2 nitrogen and oxygen atoms in total. The fourth-order valence-electron chi connectivity index (χ4n) is 2.82. The molecule has 0 spiro atoms. The van der Waals surface area contributed by atoms with E-state index in [2.05, 4.69) is 39.8 Å². The van der Waals surface area contributed by atoms with Gasteiger partial charge in [-0.1, -0.05) is 51.0 Å². The Kier molecular flexibility index (Phi) is 6.11. The van der Waals surface area contributed by atoms with Crippen molar-refractivity contribution in [1.29, 1.82) is 0 Å². The lowest BCUT2D eigenvalue weighted by Crippen LogP contribution is -2.12. The molecule has 2 rings (SSSR count). The second-order valence-corrected chi connectivity index (χ2v) is 6.04. The highest BCUT2D eigenvalue weighted by molar-refractivity contribution is 5.93. The topological polar surface area (TPSA) is 18.5 Å². The summed E-state index contributed by atoms with van der Waals surface area (Å²) in [5, 5.41) is 2.26. The number of hydrogen-bond donors (Lipinski definition) is 0. The van der Waals surface area contributed by atoms with Gasteiger partial charge in [0, 0.05) is 10.8 Å². The Bertz CT molecular complexity index is 538. The molecule has 2 heteroatoms. The van der Waals surface area contributed by atoms with Crippen molar-refractivity contribution in [1.82, 2.24) is 0 Å². The molecule has 0 bridgehead atoms. The van der Waals surface area contributed by atoms with Gasteiger partial charge in [-0.05, 0) is 38.8 Å². The molecular formula is C20H28O2. The van der Waals surface area contributed by atoms with E-state index < -0.39 is 0 Å². The van der Waals surface area contributed by atoms with Crippen LogP contribution in [0.1, 0.15) is 53.4 Å². The van der Waals surface area contributed by atoms with Crippen molar-refractivity contribution in [2.24, 2.45) is 0 Å². The summed E-state index contributed by atoms with van der Waals surface area (Å²) < 4.78 is 12.2. The third-order valence-electron chi connectivity index (χ3n) is 3.89. The predicted octanol–water partition coefficient (Wildman–Crippen LogP) is 5.97. The number of rotatable bonds is 8. The molecule has 0 aliphatic carbocycles. The minimum absolute atomic E-state index is 0.235. The monoisotopic (exact) mass is 300 g/mol. The van der Waals surface area contributed by atoms with Crippen LogP contribution in [0, 0.1) is 0 Å². The molecule has 0 amide bonds. The number of ether oxygens (including phenoxy) is 2. The Labute approximate surface area is 134 Å². The van der Waals surface area contributed by atoms with Gasteiger partial charge in [-0.25, -0.2) is 0 Å². The van der Waals surface area contributed by atoms with Crippen LogP contribution in [0.5, 0.6) is 11.5 Å². The summed E-state index contributed by atoms with van der Waals surface area (Å²) in [6.45, 7) is 8.63. The van der Waals surface area contributed by atoms with Gasteiger partial charge in [0.05, 0.1) is 12.2 Å². The Morgan fingerprint density at radius 2 is 1.14 bits per heavy atom. The van der Waals surface area contributed by atoms with E-state index in [-0.39, 0.29) is 12.2 Å². The standard InChI is InChI=1S/C20H28O2/c1-5-9-15(3)21-19-13-7-12-18-17(19)11-8-14-20(18)22-16(4)10-6-2/h7-8,11-16H,5-6,9-10H2,1-4H3. The van der Waals surface area contributed by atoms with E-state index in [4.69, 9.17) is 9.47 Å². The van der Waals surface area contributed by atoms with Crippen LogP contribution in [-0.2, 0) is 0 Å². The summed E-state index contributed by atoms with van der Waals surface area (Å²) in [5.74, 6) is 1.90. The molecule has 0 saturated heterocycles. The number of hydrogen-bond acceptors (Lipinski definition) is 2. The van der Waals surface area contributed by atoms with Gasteiger partial charge >= 0.3 is 0 Å². The third-order valence-corrected chi connectivity index (χ3v) is 3.89. The first-order valence-corrected chi connectivity index (χ1v) is 8.50. The number of fused-ring (bicyclic) bond motifs is 1. The molecule has 0 heterocycles. The molecule has 0 fully saturated rings.